The van der Waals surface area contributed by atoms with Crippen LogP contribution in [0.5, 0.6) is 0 Å². The molecule has 6 heteroatoms. The largest absolute Gasteiger partial charge is 0.478 e. The summed E-state index contributed by atoms with van der Waals surface area (Å²) < 4.78 is 0. The molecule has 1 aromatic heterocycles. The predicted octanol–water partition coefficient (Wildman–Crippen LogP) is 1.89. The molecule has 0 aliphatic carbocycles. The zero-order chi connectivity index (χ0) is 15.1. The number of carboxylic acid groups (broad SMARTS) is 1. The quantitative estimate of drug-likeness (QED) is 0.778. The third-order valence-electron chi connectivity index (χ3n) is 2.69. The van der Waals surface area contributed by atoms with Crippen molar-refractivity contribution in [3.63, 3.8) is 0 Å². The van der Waals surface area contributed by atoms with E-state index >= 15 is 0 Å². The van der Waals surface area contributed by atoms with E-state index in [-0.39, 0.29) is 24.2 Å². The molecule has 0 radical (unpaired) electrons. The van der Waals surface area contributed by atoms with Crippen molar-refractivity contribution in [2.45, 2.75) is 26.4 Å². The van der Waals surface area contributed by atoms with Crippen molar-refractivity contribution in [1.82, 2.24) is 15.2 Å². The lowest BCUT2D eigenvalue weighted by molar-refractivity contribution is 0.0696. The Morgan fingerprint density at radius 2 is 2.25 bits per heavy atom. The van der Waals surface area contributed by atoms with Crippen LogP contribution in [0.25, 0.3) is 0 Å². The first kappa shape index (κ1) is 15.7. The van der Waals surface area contributed by atoms with Gasteiger partial charge in [-0.05, 0) is 26.0 Å². The van der Waals surface area contributed by atoms with Crippen LogP contribution < -0.4 is 5.32 Å². The Bertz CT molecular complexity index is 500. The number of hydrogen-bond donors (Lipinski definition) is 2. The second-order valence-corrected chi connectivity index (χ2v) is 4.53. The highest BCUT2D eigenvalue weighted by Gasteiger charge is 2.15. The molecule has 0 saturated heterocycles. The molecule has 0 aromatic carbocycles. The Hall–Kier alpha value is -2.37. The molecule has 1 rings (SSSR count). The molecule has 0 unspecified atom stereocenters. The number of amides is 2. The maximum absolute atomic E-state index is 12.0. The second kappa shape index (κ2) is 7.28. The van der Waals surface area contributed by atoms with E-state index < -0.39 is 5.97 Å². The summed E-state index contributed by atoms with van der Waals surface area (Å²) >= 11 is 0. The Kier molecular flexibility index (Phi) is 5.71. The predicted molar refractivity (Wildman–Crippen MR) is 75.5 cm³/mol. The van der Waals surface area contributed by atoms with Crippen LogP contribution in [-0.4, -0.2) is 39.6 Å². The topological polar surface area (TPSA) is 82.5 Å². The molecule has 0 aliphatic rings. The van der Waals surface area contributed by atoms with Crippen molar-refractivity contribution in [1.29, 1.82) is 0 Å². The third-order valence-corrected chi connectivity index (χ3v) is 2.69. The molecule has 108 valence electrons. The van der Waals surface area contributed by atoms with Crippen LogP contribution in [0, 0.1) is 0 Å². The van der Waals surface area contributed by atoms with Gasteiger partial charge in [-0.25, -0.2) is 9.59 Å². The van der Waals surface area contributed by atoms with Crippen molar-refractivity contribution < 1.29 is 14.7 Å². The summed E-state index contributed by atoms with van der Waals surface area (Å²) in [6, 6.07) is 2.66. The van der Waals surface area contributed by atoms with Crippen molar-refractivity contribution in [2.75, 3.05) is 6.54 Å². The number of nitrogens with zero attached hydrogens (tertiary/aromatic N) is 2. The summed E-state index contributed by atoms with van der Waals surface area (Å²) in [5.41, 5.74) is 0.650. The van der Waals surface area contributed by atoms with E-state index in [0.717, 1.165) is 0 Å². The molecule has 0 atom stereocenters. The molecular weight excluding hydrogens is 258 g/mol. The first-order valence-corrected chi connectivity index (χ1v) is 6.29. The van der Waals surface area contributed by atoms with Gasteiger partial charge in [-0.3, -0.25) is 4.98 Å². The Morgan fingerprint density at radius 3 is 2.80 bits per heavy atom. The van der Waals surface area contributed by atoms with Gasteiger partial charge < -0.3 is 15.3 Å². The smallest absolute Gasteiger partial charge is 0.335 e. The molecule has 0 aliphatic heterocycles. The first-order chi connectivity index (χ1) is 9.45. The van der Waals surface area contributed by atoms with Crippen molar-refractivity contribution in [3.8, 4) is 0 Å². The summed E-state index contributed by atoms with van der Waals surface area (Å²) in [5, 5.41) is 11.6. The lowest BCUT2D eigenvalue weighted by Gasteiger charge is -2.25. The van der Waals surface area contributed by atoms with E-state index in [4.69, 9.17) is 5.11 Å². The van der Waals surface area contributed by atoms with Crippen LogP contribution in [0.15, 0.2) is 31.0 Å². The molecule has 1 heterocycles. The maximum atomic E-state index is 12.0. The van der Waals surface area contributed by atoms with Crippen molar-refractivity contribution in [3.05, 3.63) is 42.2 Å². The molecule has 0 spiro atoms. The fraction of sp³-hybridized carbons (Fsp3) is 0.357. The number of urea groups is 1. The Labute approximate surface area is 118 Å². The van der Waals surface area contributed by atoms with Gasteiger partial charge in [0.1, 0.15) is 0 Å². The number of carboxylic acids is 1. The number of aromatic carboxylic acids is 1. The summed E-state index contributed by atoms with van der Waals surface area (Å²) in [7, 11) is 0. The number of rotatable bonds is 6. The van der Waals surface area contributed by atoms with Crippen LogP contribution in [0.1, 0.15) is 29.9 Å². The highest BCUT2D eigenvalue weighted by Crippen LogP contribution is 2.03. The molecule has 6 nitrogen and oxygen atoms in total. The van der Waals surface area contributed by atoms with Crippen LogP contribution >= 0.6 is 0 Å². The number of nitrogens with one attached hydrogen (secondary N) is 1. The van der Waals surface area contributed by atoms with Gasteiger partial charge in [-0.1, -0.05) is 6.08 Å². The molecule has 0 fully saturated rings. The van der Waals surface area contributed by atoms with E-state index in [9.17, 15) is 9.59 Å². The zero-order valence-electron chi connectivity index (χ0n) is 11.7. The van der Waals surface area contributed by atoms with Gasteiger partial charge in [0.25, 0.3) is 0 Å². The average Bonchev–Trinajstić information content (AvgIpc) is 2.42. The standard InChI is InChI=1S/C14H19N3O3/c1-4-7-17(10(2)3)14(20)16-9-12-8-11(13(18)19)5-6-15-12/h4-6,8,10H,1,7,9H2,2-3H3,(H,16,20)(H,18,19). The van der Waals surface area contributed by atoms with Crippen LogP contribution in [0.2, 0.25) is 0 Å². The third kappa shape index (κ3) is 4.38. The lowest BCUT2D eigenvalue weighted by Crippen LogP contribution is -2.43. The van der Waals surface area contributed by atoms with Gasteiger partial charge in [0.05, 0.1) is 17.8 Å². The number of hydrogen-bond acceptors (Lipinski definition) is 3. The normalized spacial score (nSPS) is 10.2. The summed E-state index contributed by atoms with van der Waals surface area (Å²) in [4.78, 5) is 28.5. The van der Waals surface area contributed by atoms with E-state index in [0.29, 0.717) is 12.2 Å². The summed E-state index contributed by atoms with van der Waals surface area (Å²) in [6.07, 6.45) is 3.07. The van der Waals surface area contributed by atoms with E-state index in [1.165, 1.54) is 18.3 Å². The summed E-state index contributed by atoms with van der Waals surface area (Å²) in [5.74, 6) is -1.02. The molecule has 0 bridgehead atoms. The van der Waals surface area contributed by atoms with E-state index in [1.54, 1.807) is 11.0 Å². The number of carbonyl (C=O) groups is 2. The summed E-state index contributed by atoms with van der Waals surface area (Å²) in [6.45, 7) is 8.06. The highest BCUT2D eigenvalue weighted by molar-refractivity contribution is 5.87. The minimum atomic E-state index is -1.02. The van der Waals surface area contributed by atoms with Gasteiger partial charge in [0.15, 0.2) is 0 Å². The second-order valence-electron chi connectivity index (χ2n) is 4.53. The lowest BCUT2D eigenvalue weighted by atomic mass is 10.2. The Balaban J connectivity index is 2.66. The van der Waals surface area contributed by atoms with Crippen LogP contribution in [-0.2, 0) is 6.54 Å². The van der Waals surface area contributed by atoms with Gasteiger partial charge in [-0.2, -0.15) is 0 Å². The SMILES string of the molecule is C=CCN(C(=O)NCc1cc(C(=O)O)ccn1)C(C)C. The molecule has 2 amide bonds. The fourth-order valence-corrected chi connectivity index (χ4v) is 1.64. The molecule has 20 heavy (non-hydrogen) atoms. The van der Waals surface area contributed by atoms with E-state index in [1.807, 2.05) is 13.8 Å². The molecule has 0 saturated carbocycles. The zero-order valence-corrected chi connectivity index (χ0v) is 11.7. The maximum Gasteiger partial charge on any atom is 0.335 e. The highest BCUT2D eigenvalue weighted by atomic mass is 16.4. The number of carbonyl (C=O) groups excluding carboxylic acids is 1. The van der Waals surface area contributed by atoms with Gasteiger partial charge in [0, 0.05) is 18.8 Å². The number of aromatic nitrogens is 1. The molecule has 2 N–H and O–H groups in total. The van der Waals surface area contributed by atoms with Gasteiger partial charge in [0.2, 0.25) is 0 Å². The average molecular weight is 277 g/mol. The van der Waals surface area contributed by atoms with Crippen LogP contribution in [0.4, 0.5) is 4.79 Å². The van der Waals surface area contributed by atoms with Gasteiger partial charge in [-0.15, -0.1) is 6.58 Å². The van der Waals surface area contributed by atoms with Crippen molar-refractivity contribution >= 4 is 12.0 Å². The van der Waals surface area contributed by atoms with Crippen molar-refractivity contribution in [2.24, 2.45) is 0 Å². The monoisotopic (exact) mass is 277 g/mol. The minimum Gasteiger partial charge on any atom is -0.478 e. The van der Waals surface area contributed by atoms with Gasteiger partial charge >= 0.3 is 12.0 Å². The molecular formula is C14H19N3O3. The molecule has 1 aromatic rings. The fourth-order valence-electron chi connectivity index (χ4n) is 1.64. The number of pyridine rings is 1. The van der Waals surface area contributed by atoms with Crippen LogP contribution in [0.3, 0.4) is 0 Å². The Morgan fingerprint density at radius 1 is 1.55 bits per heavy atom. The minimum absolute atomic E-state index is 0.0475. The van der Waals surface area contributed by atoms with E-state index in [2.05, 4.69) is 16.9 Å². The first-order valence-electron chi connectivity index (χ1n) is 6.29.